The Morgan fingerprint density at radius 2 is 1.72 bits per heavy atom. The fourth-order valence-corrected chi connectivity index (χ4v) is 5.99. The fraction of sp³-hybridized carbons (Fsp3) is 0.391. The molecule has 1 saturated heterocycles. The molecule has 0 spiro atoms. The molecule has 3 aromatic rings. The summed E-state index contributed by atoms with van der Waals surface area (Å²) in [7, 11) is -3.75. The van der Waals surface area contributed by atoms with Crippen molar-refractivity contribution in [3.8, 4) is 0 Å². The number of carbonyl (C=O) groups excluding carboxylic acids is 1. The number of likely N-dealkylation sites (tertiary alicyclic amines) is 1. The predicted molar refractivity (Wildman–Crippen MR) is 119 cm³/mol. The first-order chi connectivity index (χ1) is 15.4. The summed E-state index contributed by atoms with van der Waals surface area (Å²) in [5.74, 6) is -0.787. The van der Waals surface area contributed by atoms with Gasteiger partial charge in [-0.1, -0.05) is 24.3 Å². The summed E-state index contributed by atoms with van der Waals surface area (Å²) in [6.07, 6.45) is 3.70. The van der Waals surface area contributed by atoms with E-state index in [2.05, 4.69) is 0 Å². The molecule has 9 heteroatoms. The number of benzene rings is 2. The van der Waals surface area contributed by atoms with E-state index >= 15 is 0 Å². The Kier molecular flexibility index (Phi) is 5.38. The third-order valence-electron chi connectivity index (χ3n) is 6.38. The molecule has 1 fully saturated rings. The van der Waals surface area contributed by atoms with Gasteiger partial charge in [-0.15, -0.1) is 0 Å². The van der Waals surface area contributed by atoms with Gasteiger partial charge in [-0.05, 0) is 48.9 Å². The van der Waals surface area contributed by atoms with Gasteiger partial charge in [0, 0.05) is 32.2 Å². The van der Waals surface area contributed by atoms with Gasteiger partial charge in [-0.2, -0.15) is 4.31 Å². The summed E-state index contributed by atoms with van der Waals surface area (Å²) in [4.78, 5) is 26.9. The largest absolute Gasteiger partial charge is 0.420 e. The van der Waals surface area contributed by atoms with E-state index in [-0.39, 0.29) is 22.9 Å². The van der Waals surface area contributed by atoms with Gasteiger partial charge in [-0.25, -0.2) is 13.2 Å². The van der Waals surface area contributed by atoms with Crippen LogP contribution < -0.4 is 5.76 Å². The summed E-state index contributed by atoms with van der Waals surface area (Å²) >= 11 is 0. The SMILES string of the molecule is O=C(Cn1c(=O)oc2cc(S(=O)(=O)N3CCc4ccccc4C3)ccc21)N1CCCCC1. The summed E-state index contributed by atoms with van der Waals surface area (Å²) in [6, 6.07) is 12.2. The smallest absolute Gasteiger partial charge is 0.408 e. The van der Waals surface area contributed by atoms with Gasteiger partial charge in [0.05, 0.1) is 10.4 Å². The van der Waals surface area contributed by atoms with E-state index in [9.17, 15) is 18.0 Å². The quantitative estimate of drug-likeness (QED) is 0.602. The van der Waals surface area contributed by atoms with E-state index < -0.39 is 15.8 Å². The van der Waals surface area contributed by atoms with Crippen LogP contribution in [0.2, 0.25) is 0 Å². The second kappa shape index (κ2) is 8.22. The first kappa shape index (κ1) is 21.0. The Labute approximate surface area is 186 Å². The van der Waals surface area contributed by atoms with E-state index in [0.717, 1.165) is 30.4 Å². The number of oxazole rings is 1. The molecule has 1 aromatic heterocycles. The molecule has 2 aliphatic rings. The summed E-state index contributed by atoms with van der Waals surface area (Å²) in [5, 5.41) is 0. The van der Waals surface area contributed by atoms with Crippen molar-refractivity contribution in [3.05, 3.63) is 64.1 Å². The molecular formula is C23H25N3O5S. The number of hydrogen-bond donors (Lipinski definition) is 0. The van der Waals surface area contributed by atoms with E-state index in [1.165, 1.54) is 21.0 Å². The van der Waals surface area contributed by atoms with Crippen LogP contribution in [0.25, 0.3) is 11.1 Å². The number of nitrogens with zero attached hydrogens (tertiary/aromatic N) is 3. The lowest BCUT2D eigenvalue weighted by Gasteiger charge is -2.28. The van der Waals surface area contributed by atoms with Crippen molar-refractivity contribution in [2.45, 2.75) is 43.7 Å². The Morgan fingerprint density at radius 3 is 2.50 bits per heavy atom. The maximum absolute atomic E-state index is 13.3. The predicted octanol–water partition coefficient (Wildman–Crippen LogP) is 2.35. The average Bonchev–Trinajstić information content (AvgIpc) is 3.13. The molecule has 5 rings (SSSR count). The third-order valence-corrected chi connectivity index (χ3v) is 8.22. The Balaban J connectivity index is 1.42. The van der Waals surface area contributed by atoms with Crippen molar-refractivity contribution in [1.82, 2.24) is 13.8 Å². The van der Waals surface area contributed by atoms with E-state index in [4.69, 9.17) is 4.42 Å². The highest BCUT2D eigenvalue weighted by Gasteiger charge is 2.29. The van der Waals surface area contributed by atoms with E-state index in [1.807, 2.05) is 24.3 Å². The van der Waals surface area contributed by atoms with Gasteiger partial charge in [0.15, 0.2) is 5.58 Å². The molecule has 0 saturated carbocycles. The number of piperidine rings is 1. The second-order valence-electron chi connectivity index (χ2n) is 8.38. The number of fused-ring (bicyclic) bond motifs is 2. The monoisotopic (exact) mass is 455 g/mol. The van der Waals surface area contributed by atoms with Gasteiger partial charge in [0.2, 0.25) is 15.9 Å². The van der Waals surface area contributed by atoms with Crippen molar-refractivity contribution in [2.75, 3.05) is 19.6 Å². The lowest BCUT2D eigenvalue weighted by Crippen LogP contribution is -2.39. The molecule has 0 radical (unpaired) electrons. The number of hydrogen-bond acceptors (Lipinski definition) is 5. The fourth-order valence-electron chi connectivity index (χ4n) is 4.56. The standard InChI is InChI=1S/C23H25N3O5S/c27-22(24-11-4-1-5-12-24)16-26-20-9-8-19(14-21(20)31-23(26)28)32(29,30)25-13-10-17-6-2-3-7-18(17)15-25/h2-3,6-9,14H,1,4-5,10-13,15-16H2. The first-order valence-electron chi connectivity index (χ1n) is 10.9. The van der Waals surface area contributed by atoms with Crippen molar-refractivity contribution in [1.29, 1.82) is 0 Å². The van der Waals surface area contributed by atoms with Gasteiger partial charge in [0.1, 0.15) is 6.54 Å². The van der Waals surface area contributed by atoms with Crippen LogP contribution in [0.15, 0.2) is 56.6 Å². The normalized spacial score (nSPS) is 17.4. The zero-order valence-electron chi connectivity index (χ0n) is 17.7. The van der Waals surface area contributed by atoms with Crippen LogP contribution in [-0.2, 0) is 34.3 Å². The Bertz CT molecular complexity index is 1340. The number of amides is 1. The van der Waals surface area contributed by atoms with Crippen molar-refractivity contribution in [2.24, 2.45) is 0 Å². The van der Waals surface area contributed by atoms with E-state index in [1.54, 1.807) is 11.0 Å². The van der Waals surface area contributed by atoms with Crippen LogP contribution in [0.4, 0.5) is 0 Å². The topological polar surface area (TPSA) is 92.8 Å². The zero-order chi connectivity index (χ0) is 22.3. The van der Waals surface area contributed by atoms with Gasteiger partial charge in [-0.3, -0.25) is 9.36 Å². The third kappa shape index (κ3) is 3.75. The molecule has 1 amide bonds. The number of aromatic nitrogens is 1. The molecule has 8 nitrogen and oxygen atoms in total. The number of carbonyl (C=O) groups is 1. The van der Waals surface area contributed by atoms with Crippen LogP contribution in [0.5, 0.6) is 0 Å². The maximum atomic E-state index is 13.3. The molecular weight excluding hydrogens is 430 g/mol. The molecule has 168 valence electrons. The molecule has 0 bridgehead atoms. The van der Waals surface area contributed by atoms with Crippen LogP contribution in [-0.4, -0.2) is 47.7 Å². The van der Waals surface area contributed by atoms with Crippen LogP contribution in [0.1, 0.15) is 30.4 Å². The molecule has 32 heavy (non-hydrogen) atoms. The average molecular weight is 456 g/mol. The lowest BCUT2D eigenvalue weighted by atomic mass is 10.0. The minimum Gasteiger partial charge on any atom is -0.408 e. The second-order valence-corrected chi connectivity index (χ2v) is 10.3. The van der Waals surface area contributed by atoms with Crippen molar-refractivity contribution >= 4 is 27.0 Å². The Morgan fingerprint density at radius 1 is 0.969 bits per heavy atom. The Hall–Kier alpha value is -2.91. The summed E-state index contributed by atoms with van der Waals surface area (Å²) < 4.78 is 34.6. The molecule has 0 aliphatic carbocycles. The molecule has 0 unspecified atom stereocenters. The van der Waals surface area contributed by atoms with Gasteiger partial charge >= 0.3 is 5.76 Å². The minimum absolute atomic E-state index is 0.0765. The van der Waals surface area contributed by atoms with Crippen molar-refractivity contribution < 1.29 is 17.6 Å². The summed E-state index contributed by atoms with van der Waals surface area (Å²) in [6.45, 7) is 1.99. The van der Waals surface area contributed by atoms with Crippen molar-refractivity contribution in [3.63, 3.8) is 0 Å². The zero-order valence-corrected chi connectivity index (χ0v) is 18.5. The van der Waals surface area contributed by atoms with Crippen LogP contribution >= 0.6 is 0 Å². The van der Waals surface area contributed by atoms with Gasteiger partial charge in [0.25, 0.3) is 0 Å². The molecule has 0 N–H and O–H groups in total. The molecule has 2 aromatic carbocycles. The highest BCUT2D eigenvalue weighted by Crippen LogP contribution is 2.27. The van der Waals surface area contributed by atoms with Crippen LogP contribution in [0.3, 0.4) is 0 Å². The number of sulfonamides is 1. The maximum Gasteiger partial charge on any atom is 0.420 e. The highest BCUT2D eigenvalue weighted by atomic mass is 32.2. The molecule has 3 heterocycles. The molecule has 0 atom stereocenters. The lowest BCUT2D eigenvalue weighted by molar-refractivity contribution is -0.132. The van der Waals surface area contributed by atoms with E-state index in [0.29, 0.717) is 38.1 Å². The van der Waals surface area contributed by atoms with Crippen LogP contribution in [0, 0.1) is 0 Å². The van der Waals surface area contributed by atoms with Gasteiger partial charge < -0.3 is 9.32 Å². The summed E-state index contributed by atoms with van der Waals surface area (Å²) in [5.41, 5.74) is 2.75. The first-order valence-corrected chi connectivity index (χ1v) is 12.4. The minimum atomic E-state index is -3.75. The molecule has 2 aliphatic heterocycles. The number of rotatable bonds is 4. The highest BCUT2D eigenvalue weighted by molar-refractivity contribution is 7.89.